The van der Waals surface area contributed by atoms with Crippen LogP contribution in [0.3, 0.4) is 0 Å². The molecular weight excluding hydrogens is 370 g/mol. The van der Waals surface area contributed by atoms with E-state index in [2.05, 4.69) is 65.7 Å². The first-order valence-corrected chi connectivity index (χ1v) is 9.82. The lowest BCUT2D eigenvalue weighted by Gasteiger charge is -2.14. The number of rotatable bonds is 3. The summed E-state index contributed by atoms with van der Waals surface area (Å²) in [5.74, 6) is 0.669. The van der Waals surface area contributed by atoms with Crippen LogP contribution in [0.1, 0.15) is 23.2 Å². The first kappa shape index (κ1) is 19.3. The van der Waals surface area contributed by atoms with Gasteiger partial charge in [0.25, 0.3) is 5.70 Å². The summed E-state index contributed by atoms with van der Waals surface area (Å²) in [6.45, 7) is 11.9. The third-order valence-electron chi connectivity index (χ3n) is 5.48. The van der Waals surface area contributed by atoms with E-state index < -0.39 is 0 Å². The van der Waals surface area contributed by atoms with Crippen LogP contribution in [0.5, 0.6) is 0 Å². The molecule has 0 radical (unpaired) electrons. The van der Waals surface area contributed by atoms with Gasteiger partial charge in [0.15, 0.2) is 0 Å². The number of benzene rings is 2. The van der Waals surface area contributed by atoms with Gasteiger partial charge in [0.1, 0.15) is 5.76 Å². The molecule has 4 heteroatoms. The average molecular weight is 391 g/mol. The summed E-state index contributed by atoms with van der Waals surface area (Å²) in [7, 11) is 0. The number of nitriles is 1. The number of nitrogens with zero attached hydrogens (tertiary/aromatic N) is 3. The summed E-state index contributed by atoms with van der Waals surface area (Å²) in [5, 5.41) is 10.3. The molecule has 4 rings (SSSR count). The summed E-state index contributed by atoms with van der Waals surface area (Å²) >= 11 is 0. The molecule has 2 heterocycles. The van der Waals surface area contributed by atoms with Crippen LogP contribution < -0.4 is 0 Å². The van der Waals surface area contributed by atoms with Crippen LogP contribution in [-0.4, -0.2) is 11.2 Å². The number of hydrogen-bond donors (Lipinski definition) is 0. The van der Waals surface area contributed by atoms with Gasteiger partial charge >= 0.3 is 0 Å². The molecule has 30 heavy (non-hydrogen) atoms. The Balaban J connectivity index is 1.70. The Bertz CT molecular complexity index is 1280. The Morgan fingerprint density at radius 3 is 2.70 bits per heavy atom. The smallest absolute Gasteiger partial charge is 0.265 e. The summed E-state index contributed by atoms with van der Waals surface area (Å²) < 4.78 is 7.97. The minimum atomic E-state index is 0.138. The van der Waals surface area contributed by atoms with Crippen molar-refractivity contribution in [2.75, 3.05) is 6.61 Å². The number of aromatic nitrogens is 1. The van der Waals surface area contributed by atoms with Gasteiger partial charge in [-0.1, -0.05) is 30.3 Å². The number of allylic oxidation sites excluding steroid dienone is 3. The van der Waals surface area contributed by atoms with Gasteiger partial charge in [0.05, 0.1) is 24.8 Å². The molecule has 2 aromatic carbocycles. The highest BCUT2D eigenvalue weighted by Crippen LogP contribution is 2.30. The molecule has 1 aromatic heterocycles. The van der Waals surface area contributed by atoms with Crippen LogP contribution in [0.15, 0.2) is 77.7 Å². The Morgan fingerprint density at radius 1 is 1.17 bits per heavy atom. The molecule has 0 saturated heterocycles. The minimum Gasteiger partial charge on any atom is -0.493 e. The van der Waals surface area contributed by atoms with Crippen LogP contribution in [0.2, 0.25) is 0 Å². The molecule has 0 atom stereocenters. The van der Waals surface area contributed by atoms with Gasteiger partial charge < -0.3 is 9.30 Å². The van der Waals surface area contributed by atoms with Crippen molar-refractivity contribution in [1.82, 2.24) is 4.57 Å². The van der Waals surface area contributed by atoms with E-state index in [9.17, 15) is 0 Å². The van der Waals surface area contributed by atoms with Gasteiger partial charge in [-0.3, -0.25) is 0 Å². The van der Waals surface area contributed by atoms with Crippen molar-refractivity contribution in [3.05, 3.63) is 106 Å². The maximum atomic E-state index is 9.09. The quantitative estimate of drug-likeness (QED) is 0.390. The van der Waals surface area contributed by atoms with Crippen molar-refractivity contribution in [2.24, 2.45) is 0 Å². The predicted octanol–water partition coefficient (Wildman–Crippen LogP) is 6.26. The number of hydrogen-bond acceptors (Lipinski definition) is 2. The number of fused-ring (bicyclic) bond motifs is 1. The van der Waals surface area contributed by atoms with Crippen LogP contribution in [0.25, 0.3) is 27.5 Å². The van der Waals surface area contributed by atoms with E-state index in [4.69, 9.17) is 16.6 Å². The van der Waals surface area contributed by atoms with E-state index in [-0.39, 0.29) is 5.70 Å². The van der Waals surface area contributed by atoms with Gasteiger partial charge in [-0.25, -0.2) is 10.1 Å². The number of para-hydroxylation sites is 1. The largest absolute Gasteiger partial charge is 0.493 e. The number of ether oxygens (including phenoxy) is 1. The molecule has 0 N–H and O–H groups in total. The van der Waals surface area contributed by atoms with Crippen molar-refractivity contribution in [3.63, 3.8) is 0 Å². The van der Waals surface area contributed by atoms with Crippen molar-refractivity contribution in [1.29, 1.82) is 5.26 Å². The molecule has 1 aliphatic rings. The molecule has 0 fully saturated rings. The van der Waals surface area contributed by atoms with Gasteiger partial charge in [-0.05, 0) is 73.4 Å². The molecule has 3 aromatic rings. The van der Waals surface area contributed by atoms with E-state index in [0.717, 1.165) is 16.8 Å². The summed E-state index contributed by atoms with van der Waals surface area (Å²) in [5.41, 5.74) is 6.78. The van der Waals surface area contributed by atoms with Crippen LogP contribution in [0, 0.1) is 31.8 Å². The summed E-state index contributed by atoms with van der Waals surface area (Å²) in [4.78, 5) is 3.30. The normalized spacial score (nSPS) is 15.4. The molecule has 0 aliphatic carbocycles. The molecule has 146 valence electrons. The van der Waals surface area contributed by atoms with Gasteiger partial charge in [-0.15, -0.1) is 0 Å². The van der Waals surface area contributed by atoms with Crippen molar-refractivity contribution < 1.29 is 4.74 Å². The third kappa shape index (κ3) is 3.52. The van der Waals surface area contributed by atoms with E-state index in [1.54, 1.807) is 6.08 Å². The summed E-state index contributed by atoms with van der Waals surface area (Å²) in [6, 6.07) is 18.8. The number of aryl methyl sites for hydroxylation is 1. The fourth-order valence-electron chi connectivity index (χ4n) is 3.80. The van der Waals surface area contributed by atoms with E-state index >= 15 is 0 Å². The monoisotopic (exact) mass is 391 g/mol. The zero-order valence-corrected chi connectivity index (χ0v) is 17.0. The second kappa shape index (κ2) is 8.15. The first-order chi connectivity index (χ1) is 14.6. The lowest BCUT2D eigenvalue weighted by atomic mass is 10.1. The fourth-order valence-corrected chi connectivity index (χ4v) is 3.80. The minimum absolute atomic E-state index is 0.138. The highest BCUT2D eigenvalue weighted by Gasteiger charge is 2.13. The lowest BCUT2D eigenvalue weighted by Crippen LogP contribution is -2.03. The van der Waals surface area contributed by atoms with Gasteiger partial charge in [-0.2, -0.15) is 0 Å². The average Bonchev–Trinajstić information content (AvgIpc) is 3.04. The molecule has 0 saturated carbocycles. The van der Waals surface area contributed by atoms with Gasteiger partial charge in [0.2, 0.25) is 0 Å². The zero-order valence-electron chi connectivity index (χ0n) is 17.0. The highest BCUT2D eigenvalue weighted by atomic mass is 16.5. The Labute approximate surface area is 176 Å². The topological polar surface area (TPSA) is 42.3 Å². The van der Waals surface area contributed by atoms with Crippen LogP contribution in [0.4, 0.5) is 0 Å². The van der Waals surface area contributed by atoms with E-state index in [1.807, 2.05) is 24.3 Å². The predicted molar refractivity (Wildman–Crippen MR) is 120 cm³/mol. The Kier molecular flexibility index (Phi) is 5.24. The van der Waals surface area contributed by atoms with Gasteiger partial charge in [0, 0.05) is 16.8 Å². The summed E-state index contributed by atoms with van der Waals surface area (Å²) in [6.07, 6.45) is 6.28. The molecule has 0 unspecified atom stereocenters. The SMILES string of the molecule is [C-]#[N+]/C(C#N)=C1C=C(/C=C/c2ccc3c(c2)c(C)c(C)n3-c2ccccc2)OCC\1. The van der Waals surface area contributed by atoms with Crippen LogP contribution >= 0.6 is 0 Å². The molecule has 1 aliphatic heterocycles. The maximum absolute atomic E-state index is 9.09. The lowest BCUT2D eigenvalue weighted by molar-refractivity contribution is 0.219. The maximum Gasteiger partial charge on any atom is 0.265 e. The Morgan fingerprint density at radius 2 is 1.97 bits per heavy atom. The van der Waals surface area contributed by atoms with E-state index in [0.29, 0.717) is 18.8 Å². The second-order valence-electron chi connectivity index (χ2n) is 7.23. The fraction of sp³-hybridized carbons (Fsp3) is 0.154. The molecule has 0 bridgehead atoms. The van der Waals surface area contributed by atoms with Crippen LogP contribution in [-0.2, 0) is 4.74 Å². The molecule has 0 spiro atoms. The standard InChI is InChI=1S/C26H21N3O/c1-18-19(2)29(22-7-5-4-6-8-22)26-12-10-20(15-24(18)26)9-11-23-16-21(13-14-30-23)25(17-27)28-3/h4-12,15-16H,13-14H2,1-2H3/b11-9+,25-21-. The zero-order chi connectivity index (χ0) is 21.1. The van der Waals surface area contributed by atoms with Crippen molar-refractivity contribution in [2.45, 2.75) is 20.3 Å². The molecule has 0 amide bonds. The molecular formula is C26H21N3O. The third-order valence-corrected chi connectivity index (χ3v) is 5.48. The Hall–Kier alpha value is -4.02. The van der Waals surface area contributed by atoms with E-state index in [1.165, 1.54) is 22.2 Å². The van der Waals surface area contributed by atoms with Crippen molar-refractivity contribution in [3.8, 4) is 11.8 Å². The second-order valence-corrected chi connectivity index (χ2v) is 7.23. The highest BCUT2D eigenvalue weighted by molar-refractivity contribution is 5.89. The van der Waals surface area contributed by atoms with Crippen molar-refractivity contribution >= 4 is 17.0 Å². The first-order valence-electron chi connectivity index (χ1n) is 9.82. The molecule has 4 nitrogen and oxygen atoms in total.